The molecular weight excluding hydrogens is 130 g/mol. The van der Waals surface area contributed by atoms with Crippen LogP contribution in [0.25, 0.3) is 0 Å². The fraction of sp³-hybridized carbons (Fsp3) is 0.571. The van der Waals surface area contributed by atoms with Gasteiger partial charge in [0.15, 0.2) is 0 Å². The summed E-state index contributed by atoms with van der Waals surface area (Å²) in [6.45, 7) is 0. The third-order valence-electron chi connectivity index (χ3n) is 1.68. The first-order chi connectivity index (χ1) is 4.70. The molecule has 0 spiro atoms. The largest absolute Gasteiger partial charge is 0.481 e. The SMILES string of the molecule is N[C@H]1CC=C[C@H](C(=O)O)C1. The Labute approximate surface area is 59.5 Å². The maximum Gasteiger partial charge on any atom is 0.310 e. The van der Waals surface area contributed by atoms with Crippen molar-refractivity contribution < 1.29 is 9.90 Å². The summed E-state index contributed by atoms with van der Waals surface area (Å²) in [6.07, 6.45) is 4.94. The third kappa shape index (κ3) is 1.57. The highest BCUT2D eigenvalue weighted by molar-refractivity contribution is 5.72. The van der Waals surface area contributed by atoms with Crippen LogP contribution in [-0.4, -0.2) is 17.1 Å². The lowest BCUT2D eigenvalue weighted by atomic mass is 9.93. The summed E-state index contributed by atoms with van der Waals surface area (Å²) in [6, 6.07) is 0.0334. The van der Waals surface area contributed by atoms with Gasteiger partial charge in [0.05, 0.1) is 5.92 Å². The molecule has 0 heterocycles. The van der Waals surface area contributed by atoms with Gasteiger partial charge in [-0.2, -0.15) is 0 Å². The Balaban J connectivity index is 2.55. The van der Waals surface area contributed by atoms with Gasteiger partial charge in [-0.25, -0.2) is 0 Å². The number of nitrogens with two attached hydrogens (primary N) is 1. The second-order valence-corrected chi connectivity index (χ2v) is 2.60. The van der Waals surface area contributed by atoms with Crippen molar-refractivity contribution in [2.75, 3.05) is 0 Å². The minimum atomic E-state index is -0.772. The van der Waals surface area contributed by atoms with E-state index in [0.29, 0.717) is 6.42 Å². The fourth-order valence-electron chi connectivity index (χ4n) is 1.10. The zero-order chi connectivity index (χ0) is 7.56. The van der Waals surface area contributed by atoms with Gasteiger partial charge >= 0.3 is 5.97 Å². The van der Waals surface area contributed by atoms with Crippen LogP contribution in [-0.2, 0) is 4.79 Å². The summed E-state index contributed by atoms with van der Waals surface area (Å²) >= 11 is 0. The average Bonchev–Trinajstić information content (AvgIpc) is 1.88. The Hall–Kier alpha value is -0.830. The van der Waals surface area contributed by atoms with E-state index in [1.165, 1.54) is 0 Å². The molecule has 0 aromatic carbocycles. The van der Waals surface area contributed by atoms with Crippen molar-refractivity contribution in [2.24, 2.45) is 11.7 Å². The molecule has 3 heteroatoms. The maximum atomic E-state index is 10.4. The van der Waals surface area contributed by atoms with E-state index in [4.69, 9.17) is 10.8 Å². The molecule has 3 nitrogen and oxygen atoms in total. The van der Waals surface area contributed by atoms with Crippen molar-refractivity contribution >= 4 is 5.97 Å². The van der Waals surface area contributed by atoms with Crippen molar-refractivity contribution in [1.82, 2.24) is 0 Å². The predicted molar refractivity (Wildman–Crippen MR) is 37.5 cm³/mol. The van der Waals surface area contributed by atoms with Gasteiger partial charge in [0.2, 0.25) is 0 Å². The summed E-state index contributed by atoms with van der Waals surface area (Å²) in [5.74, 6) is -1.13. The molecule has 0 aromatic rings. The molecule has 0 unspecified atom stereocenters. The van der Waals surface area contributed by atoms with Gasteiger partial charge in [0.25, 0.3) is 0 Å². The number of hydrogen-bond donors (Lipinski definition) is 2. The monoisotopic (exact) mass is 141 g/mol. The third-order valence-corrected chi connectivity index (χ3v) is 1.68. The molecule has 0 aliphatic heterocycles. The van der Waals surface area contributed by atoms with E-state index in [1.807, 2.05) is 6.08 Å². The lowest BCUT2D eigenvalue weighted by Gasteiger charge is -2.17. The van der Waals surface area contributed by atoms with Gasteiger partial charge in [-0.15, -0.1) is 0 Å². The van der Waals surface area contributed by atoms with Gasteiger partial charge in [-0.05, 0) is 12.8 Å². The fourth-order valence-corrected chi connectivity index (χ4v) is 1.10. The van der Waals surface area contributed by atoms with Gasteiger partial charge in [-0.3, -0.25) is 4.79 Å². The van der Waals surface area contributed by atoms with Crippen molar-refractivity contribution in [3.63, 3.8) is 0 Å². The molecule has 0 radical (unpaired) electrons. The first-order valence-electron chi connectivity index (χ1n) is 3.35. The molecule has 0 saturated carbocycles. The molecule has 1 aliphatic carbocycles. The molecule has 0 bridgehead atoms. The quantitative estimate of drug-likeness (QED) is 0.518. The summed E-state index contributed by atoms with van der Waals surface area (Å²) < 4.78 is 0. The van der Waals surface area contributed by atoms with E-state index < -0.39 is 5.97 Å². The van der Waals surface area contributed by atoms with Crippen LogP contribution in [0.2, 0.25) is 0 Å². The Kier molecular flexibility index (Phi) is 2.06. The van der Waals surface area contributed by atoms with Crippen LogP contribution >= 0.6 is 0 Å². The minimum Gasteiger partial charge on any atom is -0.481 e. The normalized spacial score (nSPS) is 32.1. The second-order valence-electron chi connectivity index (χ2n) is 2.60. The van der Waals surface area contributed by atoms with Gasteiger partial charge in [-0.1, -0.05) is 12.2 Å². The Morgan fingerprint density at radius 2 is 2.40 bits per heavy atom. The summed E-state index contributed by atoms with van der Waals surface area (Å²) in [4.78, 5) is 10.4. The first-order valence-corrected chi connectivity index (χ1v) is 3.35. The van der Waals surface area contributed by atoms with Crippen molar-refractivity contribution in [3.8, 4) is 0 Å². The molecule has 3 N–H and O–H groups in total. The molecule has 1 rings (SSSR count). The summed E-state index contributed by atoms with van der Waals surface area (Å²) in [5, 5.41) is 8.55. The van der Waals surface area contributed by atoms with E-state index in [2.05, 4.69) is 0 Å². The van der Waals surface area contributed by atoms with E-state index >= 15 is 0 Å². The zero-order valence-electron chi connectivity index (χ0n) is 5.66. The zero-order valence-corrected chi connectivity index (χ0v) is 5.66. The van der Waals surface area contributed by atoms with Crippen molar-refractivity contribution in [1.29, 1.82) is 0 Å². The molecule has 10 heavy (non-hydrogen) atoms. The summed E-state index contributed by atoms with van der Waals surface area (Å²) in [7, 11) is 0. The number of aliphatic carboxylic acids is 1. The van der Waals surface area contributed by atoms with Crippen LogP contribution in [0.1, 0.15) is 12.8 Å². The first kappa shape index (κ1) is 7.28. The smallest absolute Gasteiger partial charge is 0.310 e. The van der Waals surface area contributed by atoms with Gasteiger partial charge in [0, 0.05) is 6.04 Å². The lowest BCUT2D eigenvalue weighted by Crippen LogP contribution is -2.28. The molecule has 56 valence electrons. The number of carboxylic acid groups (broad SMARTS) is 1. The second kappa shape index (κ2) is 2.84. The highest BCUT2D eigenvalue weighted by Gasteiger charge is 2.19. The Morgan fingerprint density at radius 3 is 2.80 bits per heavy atom. The number of hydrogen-bond acceptors (Lipinski definition) is 2. The van der Waals surface area contributed by atoms with E-state index in [1.54, 1.807) is 6.08 Å². The Morgan fingerprint density at radius 1 is 1.70 bits per heavy atom. The topological polar surface area (TPSA) is 63.3 Å². The van der Waals surface area contributed by atoms with Crippen molar-refractivity contribution in [3.05, 3.63) is 12.2 Å². The molecule has 2 atom stereocenters. The Bertz CT molecular complexity index is 165. The molecule has 1 aliphatic rings. The van der Waals surface area contributed by atoms with Crippen LogP contribution in [0.4, 0.5) is 0 Å². The molecule has 0 fully saturated rings. The average molecular weight is 141 g/mol. The van der Waals surface area contributed by atoms with Crippen LogP contribution in [0.5, 0.6) is 0 Å². The minimum absolute atomic E-state index is 0.0334. The van der Waals surface area contributed by atoms with Crippen LogP contribution < -0.4 is 5.73 Å². The van der Waals surface area contributed by atoms with E-state index in [-0.39, 0.29) is 12.0 Å². The van der Waals surface area contributed by atoms with Crippen LogP contribution in [0.3, 0.4) is 0 Å². The summed E-state index contributed by atoms with van der Waals surface area (Å²) in [5.41, 5.74) is 5.55. The standard InChI is InChI=1S/C7H11NO2/c8-6-3-1-2-5(4-6)7(9)10/h1-2,5-6H,3-4,8H2,(H,9,10)/t5-,6-/m0/s1. The van der Waals surface area contributed by atoms with Gasteiger partial charge in [0.1, 0.15) is 0 Å². The number of carbonyl (C=O) groups is 1. The number of carboxylic acids is 1. The highest BCUT2D eigenvalue weighted by atomic mass is 16.4. The van der Waals surface area contributed by atoms with E-state index in [0.717, 1.165) is 6.42 Å². The highest BCUT2D eigenvalue weighted by Crippen LogP contribution is 2.15. The molecule has 0 amide bonds. The maximum absolute atomic E-state index is 10.4. The van der Waals surface area contributed by atoms with Crippen molar-refractivity contribution in [2.45, 2.75) is 18.9 Å². The molecular formula is C7H11NO2. The predicted octanol–water partition coefficient (Wildman–Crippen LogP) is 0.364. The number of rotatable bonds is 1. The van der Waals surface area contributed by atoms with Gasteiger partial charge < -0.3 is 10.8 Å². The molecule has 0 saturated heterocycles. The van der Waals surface area contributed by atoms with Crippen LogP contribution in [0.15, 0.2) is 12.2 Å². The van der Waals surface area contributed by atoms with Crippen LogP contribution in [0, 0.1) is 5.92 Å². The van der Waals surface area contributed by atoms with E-state index in [9.17, 15) is 4.79 Å². The lowest BCUT2D eigenvalue weighted by molar-refractivity contribution is -0.140. The molecule has 0 aromatic heterocycles.